The lowest BCUT2D eigenvalue weighted by Crippen LogP contribution is -2.54. The number of hydrogen-bond acceptors (Lipinski definition) is 5. The van der Waals surface area contributed by atoms with Gasteiger partial charge in [-0.15, -0.1) is 6.58 Å². The molecule has 0 heterocycles. The Morgan fingerprint density at radius 2 is 1.63 bits per heavy atom. The Bertz CT molecular complexity index is 1140. The molecule has 0 aliphatic heterocycles. The lowest BCUT2D eigenvalue weighted by Gasteiger charge is -2.35. The first-order valence-corrected chi connectivity index (χ1v) is 12.4. The van der Waals surface area contributed by atoms with E-state index in [-0.39, 0.29) is 13.1 Å². The molecule has 0 saturated heterocycles. The normalized spacial score (nSPS) is 12.6. The highest BCUT2D eigenvalue weighted by atomic mass is 16.6. The van der Waals surface area contributed by atoms with Crippen LogP contribution in [0.3, 0.4) is 0 Å². The number of primary amides is 1. The van der Waals surface area contributed by atoms with Crippen LogP contribution in [0.1, 0.15) is 55.5 Å². The van der Waals surface area contributed by atoms with E-state index in [0.717, 1.165) is 16.7 Å². The van der Waals surface area contributed by atoms with E-state index in [1.807, 2.05) is 62.4 Å². The quantitative estimate of drug-likeness (QED) is 0.389. The van der Waals surface area contributed by atoms with Crippen LogP contribution < -0.4 is 16.4 Å². The third-order valence-electron chi connectivity index (χ3n) is 5.69. The number of nitrogens with two attached hydrogens (primary N) is 1. The lowest BCUT2D eigenvalue weighted by molar-refractivity contribution is -0.142. The average molecular weight is 523 g/mol. The van der Waals surface area contributed by atoms with Gasteiger partial charge in [-0.25, -0.2) is 4.79 Å². The van der Waals surface area contributed by atoms with Crippen LogP contribution in [0.15, 0.2) is 61.2 Å². The summed E-state index contributed by atoms with van der Waals surface area (Å²) in [6, 6.07) is 12.6. The van der Waals surface area contributed by atoms with Crippen molar-refractivity contribution in [3.05, 3.63) is 83.4 Å². The molecule has 0 bridgehead atoms. The molecule has 4 N–H and O–H groups in total. The van der Waals surface area contributed by atoms with Crippen LogP contribution in [-0.2, 0) is 25.7 Å². The van der Waals surface area contributed by atoms with Crippen LogP contribution >= 0.6 is 0 Å². The Kier molecular flexibility index (Phi) is 10.6. The summed E-state index contributed by atoms with van der Waals surface area (Å²) in [6.45, 7) is 12.7. The minimum atomic E-state index is -1.35. The number of rotatable bonds is 11. The molecule has 2 aromatic carbocycles. The Labute approximate surface area is 224 Å². The predicted molar refractivity (Wildman–Crippen MR) is 146 cm³/mol. The number of amides is 4. The number of nitrogens with one attached hydrogen (secondary N) is 2. The van der Waals surface area contributed by atoms with Gasteiger partial charge in [0.25, 0.3) is 0 Å². The molecule has 0 spiro atoms. The van der Waals surface area contributed by atoms with Gasteiger partial charge in [0, 0.05) is 13.1 Å². The number of benzene rings is 2. The summed E-state index contributed by atoms with van der Waals surface area (Å²) in [4.78, 5) is 53.3. The lowest BCUT2D eigenvalue weighted by atomic mass is 9.93. The van der Waals surface area contributed by atoms with Gasteiger partial charge in [-0.2, -0.15) is 0 Å². The summed E-state index contributed by atoms with van der Waals surface area (Å²) in [5, 5.41) is 5.38. The molecule has 0 radical (unpaired) electrons. The SMILES string of the molecule is C=CCN(C(=O)C(CC(N)=O)NC(=O)OC(C)(C)C)C(C(=O)NCc1ccccc1)c1c(C)cccc1C. The van der Waals surface area contributed by atoms with Crippen LogP contribution in [0, 0.1) is 13.8 Å². The second kappa shape index (κ2) is 13.4. The van der Waals surface area contributed by atoms with Gasteiger partial charge in [0.1, 0.15) is 17.7 Å². The number of aryl methyl sites for hydroxylation is 2. The van der Waals surface area contributed by atoms with Gasteiger partial charge >= 0.3 is 6.09 Å². The van der Waals surface area contributed by atoms with E-state index >= 15 is 0 Å². The van der Waals surface area contributed by atoms with E-state index in [9.17, 15) is 19.2 Å². The van der Waals surface area contributed by atoms with Crippen molar-refractivity contribution in [1.29, 1.82) is 0 Å². The topological polar surface area (TPSA) is 131 Å². The van der Waals surface area contributed by atoms with Crippen molar-refractivity contribution in [2.75, 3.05) is 6.54 Å². The first-order valence-electron chi connectivity index (χ1n) is 12.4. The van der Waals surface area contributed by atoms with E-state index in [0.29, 0.717) is 5.56 Å². The second-order valence-electron chi connectivity index (χ2n) is 10.1. The minimum absolute atomic E-state index is 0.0265. The fraction of sp³-hybridized carbons (Fsp3) is 0.379. The molecular weight excluding hydrogens is 484 g/mol. The zero-order valence-electron chi connectivity index (χ0n) is 22.7. The molecular formula is C29H38N4O5. The minimum Gasteiger partial charge on any atom is -0.444 e. The van der Waals surface area contributed by atoms with Crippen LogP contribution in [0.2, 0.25) is 0 Å². The maximum Gasteiger partial charge on any atom is 0.408 e. The monoisotopic (exact) mass is 522 g/mol. The fourth-order valence-electron chi connectivity index (χ4n) is 4.08. The maximum atomic E-state index is 13.9. The predicted octanol–water partition coefficient (Wildman–Crippen LogP) is 3.44. The molecule has 0 fully saturated rings. The zero-order chi connectivity index (χ0) is 28.5. The average Bonchev–Trinajstić information content (AvgIpc) is 2.82. The highest BCUT2D eigenvalue weighted by Crippen LogP contribution is 2.29. The maximum absolute atomic E-state index is 13.9. The molecule has 9 nitrogen and oxygen atoms in total. The summed E-state index contributed by atoms with van der Waals surface area (Å²) in [5.74, 6) is -1.89. The number of hydrogen-bond donors (Lipinski definition) is 3. The van der Waals surface area contributed by atoms with E-state index in [4.69, 9.17) is 10.5 Å². The largest absolute Gasteiger partial charge is 0.444 e. The molecule has 0 saturated carbocycles. The zero-order valence-corrected chi connectivity index (χ0v) is 22.7. The van der Waals surface area contributed by atoms with Crippen LogP contribution in [0.25, 0.3) is 0 Å². The van der Waals surface area contributed by atoms with Crippen molar-refractivity contribution in [3.8, 4) is 0 Å². The van der Waals surface area contributed by atoms with Crippen LogP contribution in [0.4, 0.5) is 4.79 Å². The van der Waals surface area contributed by atoms with Crippen molar-refractivity contribution in [2.45, 2.75) is 65.3 Å². The van der Waals surface area contributed by atoms with Crippen molar-refractivity contribution in [2.24, 2.45) is 5.73 Å². The highest BCUT2D eigenvalue weighted by molar-refractivity contribution is 5.95. The third-order valence-corrected chi connectivity index (χ3v) is 5.69. The van der Waals surface area contributed by atoms with Gasteiger partial charge in [-0.05, 0) is 56.9 Å². The van der Waals surface area contributed by atoms with Crippen LogP contribution in [0.5, 0.6) is 0 Å². The third kappa shape index (κ3) is 8.76. The molecule has 204 valence electrons. The van der Waals surface area contributed by atoms with Crippen LogP contribution in [-0.4, -0.2) is 46.9 Å². The van der Waals surface area contributed by atoms with Gasteiger partial charge in [0.2, 0.25) is 17.7 Å². The molecule has 9 heteroatoms. The molecule has 2 atom stereocenters. The smallest absolute Gasteiger partial charge is 0.408 e. The van der Waals surface area contributed by atoms with Crippen molar-refractivity contribution >= 4 is 23.8 Å². The Hall–Kier alpha value is -4.14. The molecule has 2 aromatic rings. The van der Waals surface area contributed by atoms with Gasteiger partial charge in [-0.1, -0.05) is 54.6 Å². The fourth-order valence-corrected chi connectivity index (χ4v) is 4.08. The molecule has 2 rings (SSSR count). The number of carbonyl (C=O) groups excluding carboxylic acids is 4. The second-order valence-corrected chi connectivity index (χ2v) is 10.1. The van der Waals surface area contributed by atoms with Crippen molar-refractivity contribution in [1.82, 2.24) is 15.5 Å². The summed E-state index contributed by atoms with van der Waals surface area (Å²) in [6.07, 6.45) is 0.127. The van der Waals surface area contributed by atoms with Crippen molar-refractivity contribution in [3.63, 3.8) is 0 Å². The Balaban J connectivity index is 2.51. The molecule has 0 aliphatic carbocycles. The Morgan fingerprint density at radius 1 is 1.03 bits per heavy atom. The molecule has 2 unspecified atom stereocenters. The summed E-state index contributed by atoms with van der Waals surface area (Å²) >= 11 is 0. The van der Waals surface area contributed by atoms with E-state index in [1.54, 1.807) is 20.8 Å². The number of carbonyl (C=O) groups is 4. The number of ether oxygens (including phenoxy) is 1. The summed E-state index contributed by atoms with van der Waals surface area (Å²) in [7, 11) is 0. The van der Waals surface area contributed by atoms with Gasteiger partial charge in [0.05, 0.1) is 6.42 Å². The molecule has 0 aliphatic rings. The van der Waals surface area contributed by atoms with Gasteiger partial charge < -0.3 is 26.0 Å². The first kappa shape index (κ1) is 30.1. The van der Waals surface area contributed by atoms with Gasteiger partial charge in [-0.3, -0.25) is 14.4 Å². The summed E-state index contributed by atoms with van der Waals surface area (Å²) < 4.78 is 5.29. The highest BCUT2D eigenvalue weighted by Gasteiger charge is 2.37. The van der Waals surface area contributed by atoms with Crippen molar-refractivity contribution < 1.29 is 23.9 Å². The van der Waals surface area contributed by atoms with E-state index in [1.165, 1.54) is 11.0 Å². The standard InChI is InChI=1S/C29H38N4O5/c1-7-16-33(27(36)22(17-23(30)34)32-28(37)38-29(4,5)6)25(24-19(2)12-11-13-20(24)3)26(35)31-18-21-14-9-8-10-15-21/h7-15,22,25H,1,16-18H2,2-6H3,(H2,30,34)(H,31,35)(H,32,37). The molecule has 0 aromatic heterocycles. The molecule has 38 heavy (non-hydrogen) atoms. The van der Waals surface area contributed by atoms with E-state index < -0.39 is 47.9 Å². The number of nitrogens with zero attached hydrogens (tertiary/aromatic N) is 1. The van der Waals surface area contributed by atoms with Gasteiger partial charge in [0.15, 0.2) is 0 Å². The van der Waals surface area contributed by atoms with E-state index in [2.05, 4.69) is 17.2 Å². The first-order chi connectivity index (χ1) is 17.8. The Morgan fingerprint density at radius 3 is 2.16 bits per heavy atom. The number of alkyl carbamates (subject to hydrolysis) is 1. The molecule has 4 amide bonds. The summed E-state index contributed by atoms with van der Waals surface area (Å²) in [5.41, 5.74) is 7.72.